The first-order valence-electron chi connectivity index (χ1n) is 7.81. The highest BCUT2D eigenvalue weighted by Gasteiger charge is 2.16. The minimum Gasteiger partial charge on any atom is -0.352 e. The Morgan fingerprint density at radius 1 is 1.36 bits per heavy atom. The van der Waals surface area contributed by atoms with Gasteiger partial charge in [-0.1, -0.05) is 38.8 Å². The second-order valence-electron chi connectivity index (χ2n) is 5.65. The Morgan fingerprint density at radius 3 is 2.68 bits per heavy atom. The second-order valence-corrected chi connectivity index (χ2v) is 5.65. The number of hydrogen-bond donors (Lipinski definition) is 2. The van der Waals surface area contributed by atoms with Crippen LogP contribution in [0, 0.1) is 11.7 Å². The number of amides is 1. The minimum absolute atomic E-state index is 0. The van der Waals surface area contributed by atoms with E-state index in [0.29, 0.717) is 19.4 Å². The summed E-state index contributed by atoms with van der Waals surface area (Å²) in [7, 11) is 0. The highest BCUT2D eigenvalue weighted by Crippen LogP contribution is 2.12. The Labute approximate surface area is 139 Å². The van der Waals surface area contributed by atoms with Crippen molar-refractivity contribution >= 4 is 18.3 Å². The van der Waals surface area contributed by atoms with Crippen LogP contribution >= 0.6 is 12.4 Å². The van der Waals surface area contributed by atoms with Gasteiger partial charge in [-0.05, 0) is 37.0 Å². The Morgan fingerprint density at radius 2 is 2.09 bits per heavy atom. The number of nitrogens with one attached hydrogen (secondary N) is 1. The van der Waals surface area contributed by atoms with Crippen LogP contribution in [0.4, 0.5) is 4.39 Å². The van der Waals surface area contributed by atoms with Crippen LogP contribution in [0.1, 0.15) is 45.1 Å². The number of hydrogen-bond acceptors (Lipinski definition) is 2. The Bertz CT molecular complexity index is 442. The Kier molecular flexibility index (Phi) is 10.9. The molecule has 126 valence electrons. The fraction of sp³-hybridized carbons (Fsp3) is 0.588. The molecule has 1 amide bonds. The number of carbonyl (C=O) groups excluding carboxylic acids is 1. The third-order valence-corrected chi connectivity index (χ3v) is 3.74. The number of aryl methyl sites for hydroxylation is 1. The van der Waals surface area contributed by atoms with E-state index in [1.807, 2.05) is 13.0 Å². The van der Waals surface area contributed by atoms with Crippen LogP contribution in [-0.2, 0) is 11.2 Å². The molecule has 2 atom stereocenters. The highest BCUT2D eigenvalue weighted by atomic mass is 35.5. The van der Waals surface area contributed by atoms with Crippen molar-refractivity contribution < 1.29 is 9.18 Å². The topological polar surface area (TPSA) is 55.1 Å². The zero-order valence-corrected chi connectivity index (χ0v) is 14.3. The van der Waals surface area contributed by atoms with Gasteiger partial charge < -0.3 is 11.1 Å². The van der Waals surface area contributed by atoms with Gasteiger partial charge in [-0.25, -0.2) is 4.39 Å². The molecule has 0 heterocycles. The smallest absolute Gasteiger partial charge is 0.223 e. The molecule has 1 aromatic carbocycles. The van der Waals surface area contributed by atoms with Crippen LogP contribution in [0.2, 0.25) is 0 Å². The summed E-state index contributed by atoms with van der Waals surface area (Å²) in [5.41, 5.74) is 6.61. The molecular formula is C17H28ClFN2O. The summed E-state index contributed by atoms with van der Waals surface area (Å²) in [5.74, 6) is -0.283. The summed E-state index contributed by atoms with van der Waals surface area (Å²) in [6, 6.07) is 6.60. The van der Waals surface area contributed by atoms with Crippen molar-refractivity contribution in [3.8, 4) is 0 Å². The van der Waals surface area contributed by atoms with Crippen LogP contribution in [0.3, 0.4) is 0 Å². The monoisotopic (exact) mass is 330 g/mol. The quantitative estimate of drug-likeness (QED) is 0.728. The number of halogens is 2. The van der Waals surface area contributed by atoms with Crippen LogP contribution in [0.5, 0.6) is 0 Å². The number of rotatable bonds is 9. The van der Waals surface area contributed by atoms with Crippen LogP contribution in [-0.4, -0.2) is 18.5 Å². The van der Waals surface area contributed by atoms with Crippen LogP contribution in [0.15, 0.2) is 24.3 Å². The molecule has 1 rings (SSSR count). The first-order chi connectivity index (χ1) is 10.1. The summed E-state index contributed by atoms with van der Waals surface area (Å²) in [4.78, 5) is 12.1. The predicted octanol–water partition coefficient (Wildman–Crippen LogP) is 3.45. The average molecular weight is 331 g/mol. The SMILES string of the molecule is CCCCC(CN)NC(=O)C(C)CCc1cccc(F)c1.Cl. The zero-order valence-electron chi connectivity index (χ0n) is 13.5. The summed E-state index contributed by atoms with van der Waals surface area (Å²) in [5, 5.41) is 3.01. The van der Waals surface area contributed by atoms with Gasteiger partial charge in [0.2, 0.25) is 5.91 Å². The standard InChI is InChI=1S/C17H27FN2O.ClH/c1-3-4-8-16(12-19)20-17(21)13(2)9-10-14-6-5-7-15(18)11-14;/h5-7,11,13,16H,3-4,8-10,12,19H2,1-2H3,(H,20,21);1H. The lowest BCUT2D eigenvalue weighted by molar-refractivity contribution is -0.125. The molecule has 0 fully saturated rings. The lowest BCUT2D eigenvalue weighted by Gasteiger charge is -2.19. The van der Waals surface area contributed by atoms with Crippen LogP contribution < -0.4 is 11.1 Å². The zero-order chi connectivity index (χ0) is 15.7. The number of carbonyl (C=O) groups is 1. The molecule has 0 radical (unpaired) electrons. The molecule has 2 unspecified atom stereocenters. The second kappa shape index (κ2) is 11.4. The lowest BCUT2D eigenvalue weighted by Crippen LogP contribution is -2.42. The molecule has 0 saturated heterocycles. The van der Waals surface area contributed by atoms with Gasteiger partial charge in [0.05, 0.1) is 0 Å². The molecule has 3 N–H and O–H groups in total. The predicted molar refractivity (Wildman–Crippen MR) is 91.6 cm³/mol. The number of unbranched alkanes of at least 4 members (excludes halogenated alkanes) is 1. The van der Waals surface area contributed by atoms with Crippen molar-refractivity contribution in [2.24, 2.45) is 11.7 Å². The fourth-order valence-electron chi connectivity index (χ4n) is 2.25. The highest BCUT2D eigenvalue weighted by molar-refractivity contribution is 5.85. The molecule has 3 nitrogen and oxygen atoms in total. The molecule has 0 aliphatic heterocycles. The molecule has 1 aromatic rings. The lowest BCUT2D eigenvalue weighted by atomic mass is 9.99. The van der Waals surface area contributed by atoms with E-state index in [1.165, 1.54) is 12.1 Å². The van der Waals surface area contributed by atoms with E-state index in [9.17, 15) is 9.18 Å². The van der Waals surface area contributed by atoms with Crippen molar-refractivity contribution in [1.82, 2.24) is 5.32 Å². The maximum Gasteiger partial charge on any atom is 0.223 e. The van der Waals surface area contributed by atoms with Gasteiger partial charge in [0.15, 0.2) is 0 Å². The van der Waals surface area contributed by atoms with Crippen molar-refractivity contribution in [2.75, 3.05) is 6.54 Å². The van der Waals surface area contributed by atoms with Gasteiger partial charge in [0, 0.05) is 18.5 Å². The van der Waals surface area contributed by atoms with E-state index in [2.05, 4.69) is 12.2 Å². The maximum absolute atomic E-state index is 13.1. The van der Waals surface area contributed by atoms with Crippen molar-refractivity contribution in [3.63, 3.8) is 0 Å². The molecule has 0 bridgehead atoms. The van der Waals surface area contributed by atoms with Crippen molar-refractivity contribution in [3.05, 3.63) is 35.6 Å². The molecule has 0 aliphatic carbocycles. The molecule has 0 aliphatic rings. The Hall–Kier alpha value is -1.13. The van der Waals surface area contributed by atoms with E-state index >= 15 is 0 Å². The molecular weight excluding hydrogens is 303 g/mol. The average Bonchev–Trinajstić information content (AvgIpc) is 2.48. The maximum atomic E-state index is 13.1. The molecule has 0 spiro atoms. The van der Waals surface area contributed by atoms with E-state index in [1.54, 1.807) is 6.07 Å². The van der Waals surface area contributed by atoms with Gasteiger partial charge in [-0.3, -0.25) is 4.79 Å². The van der Waals surface area contributed by atoms with Gasteiger partial charge in [-0.15, -0.1) is 12.4 Å². The Balaban J connectivity index is 0.00000441. The molecule has 22 heavy (non-hydrogen) atoms. The third kappa shape index (κ3) is 7.76. The van der Waals surface area contributed by atoms with Crippen LogP contribution in [0.25, 0.3) is 0 Å². The van der Waals surface area contributed by atoms with Crippen molar-refractivity contribution in [1.29, 1.82) is 0 Å². The van der Waals surface area contributed by atoms with Gasteiger partial charge >= 0.3 is 0 Å². The molecule has 0 saturated carbocycles. The summed E-state index contributed by atoms with van der Waals surface area (Å²) < 4.78 is 13.1. The number of nitrogens with two attached hydrogens (primary N) is 1. The van der Waals surface area contributed by atoms with E-state index in [4.69, 9.17) is 5.73 Å². The summed E-state index contributed by atoms with van der Waals surface area (Å²) in [6.07, 6.45) is 4.51. The largest absolute Gasteiger partial charge is 0.352 e. The molecule has 5 heteroatoms. The third-order valence-electron chi connectivity index (χ3n) is 3.74. The first-order valence-corrected chi connectivity index (χ1v) is 7.81. The minimum atomic E-state index is -0.229. The van der Waals surface area contributed by atoms with Gasteiger partial charge in [0.1, 0.15) is 5.82 Å². The van der Waals surface area contributed by atoms with Gasteiger partial charge in [-0.2, -0.15) is 0 Å². The van der Waals surface area contributed by atoms with Gasteiger partial charge in [0.25, 0.3) is 0 Å². The van der Waals surface area contributed by atoms with Crippen molar-refractivity contribution in [2.45, 2.75) is 52.0 Å². The molecule has 0 aromatic heterocycles. The first kappa shape index (κ1) is 20.9. The fourth-order valence-corrected chi connectivity index (χ4v) is 2.25. The number of benzene rings is 1. The van der Waals surface area contributed by atoms with E-state index in [-0.39, 0.29) is 36.1 Å². The summed E-state index contributed by atoms with van der Waals surface area (Å²) in [6.45, 7) is 4.50. The normalized spacial score (nSPS) is 13.1. The van der Waals surface area contributed by atoms with E-state index < -0.39 is 0 Å². The van der Waals surface area contributed by atoms with E-state index in [0.717, 1.165) is 24.8 Å². The summed E-state index contributed by atoms with van der Waals surface area (Å²) >= 11 is 0.